The van der Waals surface area contributed by atoms with Crippen LogP contribution < -0.4 is 9.47 Å². The maximum absolute atomic E-state index is 6.87. The summed E-state index contributed by atoms with van der Waals surface area (Å²) in [5.41, 5.74) is 8.63. The Balaban J connectivity index is 1.07. The zero-order valence-corrected chi connectivity index (χ0v) is 28.1. The molecule has 2 saturated heterocycles. The van der Waals surface area contributed by atoms with Gasteiger partial charge in [-0.25, -0.2) is 0 Å². The molecule has 248 valence electrons. The molecule has 5 unspecified atom stereocenters. The molecule has 6 aliphatic rings. The molecule has 3 heterocycles. The summed E-state index contributed by atoms with van der Waals surface area (Å²) in [5, 5.41) is 2.34. The molecule has 10 rings (SSSR count). The topological polar surface area (TPSA) is 46.2 Å². The normalized spacial score (nSPS) is 27.4. The summed E-state index contributed by atoms with van der Waals surface area (Å²) in [4.78, 5) is 0. The molecule has 3 fully saturated rings. The van der Waals surface area contributed by atoms with Gasteiger partial charge in [0.05, 0.1) is 23.4 Å². The third-order valence-corrected chi connectivity index (χ3v) is 11.8. The number of benzene rings is 4. The zero-order valence-electron chi connectivity index (χ0n) is 28.1. The summed E-state index contributed by atoms with van der Waals surface area (Å²) in [5.74, 6) is 5.27. The van der Waals surface area contributed by atoms with E-state index >= 15 is 0 Å². The van der Waals surface area contributed by atoms with Crippen molar-refractivity contribution in [2.45, 2.75) is 63.1 Å². The van der Waals surface area contributed by atoms with Gasteiger partial charge in [-0.2, -0.15) is 0 Å². The summed E-state index contributed by atoms with van der Waals surface area (Å²) in [7, 11) is 0. The molecule has 49 heavy (non-hydrogen) atoms. The van der Waals surface area contributed by atoms with Gasteiger partial charge in [0.25, 0.3) is 0 Å². The van der Waals surface area contributed by atoms with E-state index in [2.05, 4.69) is 98.0 Å². The second kappa shape index (κ2) is 11.6. The molecule has 0 amide bonds. The highest BCUT2D eigenvalue weighted by atomic mass is 16.6. The van der Waals surface area contributed by atoms with E-state index in [0.717, 1.165) is 79.6 Å². The predicted octanol–water partition coefficient (Wildman–Crippen LogP) is 9.23. The third-order valence-electron chi connectivity index (χ3n) is 11.8. The molecule has 0 aromatic heterocycles. The molecule has 0 N–H and O–H groups in total. The largest absolute Gasteiger partial charge is 0.496 e. The van der Waals surface area contributed by atoms with Crippen LogP contribution in [0.25, 0.3) is 16.3 Å². The van der Waals surface area contributed by atoms with E-state index < -0.39 is 5.41 Å². The molecule has 5 atom stereocenters. The van der Waals surface area contributed by atoms with Crippen LogP contribution in [-0.4, -0.2) is 38.6 Å². The fraction of sp³-hybridized carbons (Fsp3) is 0.364. The second-order valence-corrected chi connectivity index (χ2v) is 14.8. The van der Waals surface area contributed by atoms with Crippen molar-refractivity contribution in [3.63, 3.8) is 0 Å². The number of allylic oxidation sites excluding steroid dienone is 6. The van der Waals surface area contributed by atoms with Gasteiger partial charge >= 0.3 is 0 Å². The minimum atomic E-state index is -0.460. The quantitative estimate of drug-likeness (QED) is 0.190. The highest BCUT2D eigenvalue weighted by Gasteiger charge is 2.44. The van der Waals surface area contributed by atoms with E-state index in [0.29, 0.717) is 19.1 Å². The third kappa shape index (κ3) is 5.13. The van der Waals surface area contributed by atoms with Gasteiger partial charge in [0.15, 0.2) is 0 Å². The van der Waals surface area contributed by atoms with Gasteiger partial charge in [0.1, 0.15) is 30.5 Å². The summed E-state index contributed by atoms with van der Waals surface area (Å²) in [6.45, 7) is 5.32. The molecule has 4 aromatic rings. The van der Waals surface area contributed by atoms with Crippen molar-refractivity contribution in [3.8, 4) is 17.2 Å². The van der Waals surface area contributed by atoms with Gasteiger partial charge in [-0.1, -0.05) is 60.7 Å². The van der Waals surface area contributed by atoms with Crippen LogP contribution in [0.3, 0.4) is 0 Å². The smallest absolute Gasteiger partial charge is 0.132 e. The van der Waals surface area contributed by atoms with E-state index in [-0.39, 0.29) is 12.2 Å². The first kappa shape index (κ1) is 29.6. The Morgan fingerprint density at radius 1 is 0.796 bits per heavy atom. The first-order chi connectivity index (χ1) is 24.1. The van der Waals surface area contributed by atoms with Crippen molar-refractivity contribution in [2.75, 3.05) is 26.4 Å². The molecule has 4 aromatic carbocycles. The maximum atomic E-state index is 6.87. The van der Waals surface area contributed by atoms with Crippen LogP contribution >= 0.6 is 0 Å². The van der Waals surface area contributed by atoms with Crippen LogP contribution in [0.15, 0.2) is 96.8 Å². The lowest BCUT2D eigenvalue weighted by atomic mass is 9.65. The minimum absolute atomic E-state index is 0.197. The number of ether oxygens (including phenoxy) is 5. The van der Waals surface area contributed by atoms with Crippen LogP contribution in [0.4, 0.5) is 0 Å². The van der Waals surface area contributed by atoms with E-state index in [4.69, 9.17) is 23.7 Å². The number of fused-ring (bicyclic) bond motifs is 7. The molecular weight excluding hydrogens is 608 g/mol. The van der Waals surface area contributed by atoms with Crippen molar-refractivity contribution in [3.05, 3.63) is 130 Å². The Labute approximate surface area is 288 Å². The summed E-state index contributed by atoms with van der Waals surface area (Å²) < 4.78 is 30.6. The van der Waals surface area contributed by atoms with Crippen LogP contribution in [0.2, 0.25) is 0 Å². The average Bonchev–Trinajstić information content (AvgIpc) is 3.89. The SMILES string of the molecule is CC1(c2ccc(C3=CC4CC4C=C3)cc2)c2c(ccc3c2CCC(OCC2CCO2)=CC3)Oc2ccc3cc(OCC4CCO4)ccc3c21. The van der Waals surface area contributed by atoms with Crippen LogP contribution in [0, 0.1) is 11.8 Å². The Hall–Kier alpha value is -4.32. The minimum Gasteiger partial charge on any atom is -0.496 e. The summed E-state index contributed by atoms with van der Waals surface area (Å²) in [6, 6.07) is 24.7. The monoisotopic (exact) mass is 650 g/mol. The Morgan fingerprint density at radius 3 is 2.35 bits per heavy atom. The molecule has 5 nitrogen and oxygen atoms in total. The van der Waals surface area contributed by atoms with Crippen LogP contribution in [-0.2, 0) is 32.5 Å². The van der Waals surface area contributed by atoms with Gasteiger partial charge in [-0.3, -0.25) is 0 Å². The lowest BCUT2D eigenvalue weighted by molar-refractivity contribution is -0.0840. The first-order valence-corrected chi connectivity index (χ1v) is 18.2. The van der Waals surface area contributed by atoms with E-state index in [1.165, 1.54) is 50.8 Å². The second-order valence-electron chi connectivity index (χ2n) is 14.8. The van der Waals surface area contributed by atoms with Crippen LogP contribution in [0.5, 0.6) is 17.2 Å². The lowest BCUT2D eigenvalue weighted by Gasteiger charge is -2.41. The fourth-order valence-corrected chi connectivity index (χ4v) is 8.57. The Kier molecular flexibility index (Phi) is 7.03. The Bertz CT molecular complexity index is 2050. The van der Waals surface area contributed by atoms with Gasteiger partial charge in [0.2, 0.25) is 0 Å². The molecular formula is C44H42O5. The van der Waals surface area contributed by atoms with Crippen molar-refractivity contribution >= 4 is 16.3 Å². The number of hydrogen-bond donors (Lipinski definition) is 0. The number of rotatable bonds is 8. The van der Waals surface area contributed by atoms with Crippen molar-refractivity contribution < 1.29 is 23.7 Å². The van der Waals surface area contributed by atoms with Gasteiger partial charge < -0.3 is 23.7 Å². The highest BCUT2D eigenvalue weighted by Crippen LogP contribution is 2.56. The van der Waals surface area contributed by atoms with Gasteiger partial charge in [-0.15, -0.1) is 0 Å². The van der Waals surface area contributed by atoms with Crippen molar-refractivity contribution in [1.82, 2.24) is 0 Å². The van der Waals surface area contributed by atoms with Crippen molar-refractivity contribution in [2.24, 2.45) is 11.8 Å². The zero-order chi connectivity index (χ0) is 32.5. The molecule has 3 aliphatic heterocycles. The summed E-state index contributed by atoms with van der Waals surface area (Å²) in [6.07, 6.45) is 15.9. The van der Waals surface area contributed by atoms with E-state index in [1.807, 2.05) is 0 Å². The molecule has 1 saturated carbocycles. The molecule has 3 aliphatic carbocycles. The van der Waals surface area contributed by atoms with Gasteiger partial charge in [-0.05, 0) is 107 Å². The summed E-state index contributed by atoms with van der Waals surface area (Å²) >= 11 is 0. The predicted molar refractivity (Wildman–Crippen MR) is 191 cm³/mol. The Morgan fingerprint density at radius 2 is 1.57 bits per heavy atom. The standard InChI is InChI=1S/C44H42O5/c1-44(33-9-4-27(5-10-33)29-2-3-30-23-32(30)22-29)42-38-14-12-34(47-25-36-18-20-45-36)11-6-28(38)7-16-40(42)49-41-17-8-31-24-35(13-15-39(31)43(41)44)48-26-37-19-21-46-37/h2-5,7-11,13,15-17,22,24,30,32,36-37H,6,12,14,18-21,23,25-26H2,1H3. The molecule has 0 spiro atoms. The highest BCUT2D eigenvalue weighted by molar-refractivity contribution is 5.92. The van der Waals surface area contributed by atoms with E-state index in [9.17, 15) is 0 Å². The lowest BCUT2D eigenvalue weighted by Crippen LogP contribution is -2.32. The van der Waals surface area contributed by atoms with Crippen molar-refractivity contribution in [1.29, 1.82) is 0 Å². The molecule has 5 heteroatoms. The molecule has 0 radical (unpaired) electrons. The van der Waals surface area contributed by atoms with Gasteiger partial charge in [0, 0.05) is 43.6 Å². The van der Waals surface area contributed by atoms with Crippen LogP contribution in [0.1, 0.15) is 66.0 Å². The fourth-order valence-electron chi connectivity index (χ4n) is 8.57. The number of hydrogen-bond acceptors (Lipinski definition) is 5. The molecule has 0 bridgehead atoms. The maximum Gasteiger partial charge on any atom is 0.132 e. The first-order valence-electron chi connectivity index (χ1n) is 18.2. The average molecular weight is 651 g/mol. The van der Waals surface area contributed by atoms with E-state index in [1.54, 1.807) is 0 Å².